The Morgan fingerprint density at radius 2 is 2.33 bits per heavy atom. The fourth-order valence-corrected chi connectivity index (χ4v) is 1.81. The lowest BCUT2D eigenvalue weighted by Crippen LogP contribution is -2.02. The van der Waals surface area contributed by atoms with Crippen LogP contribution in [0.3, 0.4) is 0 Å². The fraction of sp³-hybridized carbons (Fsp3) is 0.375. The third kappa shape index (κ3) is 1.58. The van der Waals surface area contributed by atoms with E-state index >= 15 is 0 Å². The average Bonchev–Trinajstić information content (AvgIpc) is 2.45. The number of rotatable bonds is 2. The van der Waals surface area contributed by atoms with E-state index in [0.717, 1.165) is 9.88 Å². The zero-order chi connectivity index (χ0) is 9.14. The lowest BCUT2D eigenvalue weighted by molar-refractivity contribution is 0.0602. The van der Waals surface area contributed by atoms with E-state index in [1.165, 1.54) is 7.11 Å². The number of aryl methyl sites for hydroxylation is 1. The molecule has 0 aliphatic heterocycles. The highest BCUT2D eigenvalue weighted by Gasteiger charge is 2.13. The van der Waals surface area contributed by atoms with Crippen molar-refractivity contribution in [2.24, 2.45) is 0 Å². The molecule has 0 radical (unpaired) electrons. The largest absolute Gasteiger partial charge is 0.465 e. The molecule has 1 aromatic rings. The van der Waals surface area contributed by atoms with Crippen LogP contribution in [0.2, 0.25) is 0 Å². The SMILES string of the molecule is CNc1sc(C)cc1C(=O)OC. The number of hydrogen-bond acceptors (Lipinski definition) is 4. The predicted molar refractivity (Wildman–Crippen MR) is 49.9 cm³/mol. The van der Waals surface area contributed by atoms with Crippen molar-refractivity contribution < 1.29 is 9.53 Å². The first-order chi connectivity index (χ1) is 5.69. The maximum absolute atomic E-state index is 11.2. The minimum absolute atomic E-state index is 0.288. The van der Waals surface area contributed by atoms with E-state index in [2.05, 4.69) is 10.1 Å². The molecule has 0 atom stereocenters. The van der Waals surface area contributed by atoms with Crippen LogP contribution >= 0.6 is 11.3 Å². The maximum atomic E-state index is 11.2. The van der Waals surface area contributed by atoms with E-state index in [1.54, 1.807) is 18.4 Å². The molecule has 3 nitrogen and oxygen atoms in total. The van der Waals surface area contributed by atoms with Gasteiger partial charge in [-0.2, -0.15) is 0 Å². The van der Waals surface area contributed by atoms with Gasteiger partial charge in [0.2, 0.25) is 0 Å². The zero-order valence-electron chi connectivity index (χ0n) is 7.30. The van der Waals surface area contributed by atoms with Gasteiger partial charge in [-0.15, -0.1) is 11.3 Å². The summed E-state index contributed by atoms with van der Waals surface area (Å²) < 4.78 is 4.62. The third-order valence-electron chi connectivity index (χ3n) is 1.49. The number of nitrogens with one attached hydrogen (secondary N) is 1. The van der Waals surface area contributed by atoms with Crippen LogP contribution in [0.1, 0.15) is 15.2 Å². The van der Waals surface area contributed by atoms with Crippen LogP contribution in [0.15, 0.2) is 6.07 Å². The van der Waals surface area contributed by atoms with Crippen molar-refractivity contribution in [1.29, 1.82) is 0 Å². The number of carbonyl (C=O) groups excluding carboxylic acids is 1. The summed E-state index contributed by atoms with van der Waals surface area (Å²) in [6, 6.07) is 1.82. The van der Waals surface area contributed by atoms with E-state index < -0.39 is 0 Å². The first-order valence-electron chi connectivity index (χ1n) is 3.55. The topological polar surface area (TPSA) is 38.3 Å². The molecule has 1 heterocycles. The predicted octanol–water partition coefficient (Wildman–Crippen LogP) is 1.88. The van der Waals surface area contributed by atoms with Crippen LogP contribution < -0.4 is 5.32 Å². The lowest BCUT2D eigenvalue weighted by Gasteiger charge is -1.98. The van der Waals surface area contributed by atoms with Gasteiger partial charge in [-0.1, -0.05) is 0 Å². The Bertz CT molecular complexity index is 293. The molecule has 1 aromatic heterocycles. The second kappa shape index (κ2) is 3.58. The summed E-state index contributed by atoms with van der Waals surface area (Å²) in [6.45, 7) is 1.96. The summed E-state index contributed by atoms with van der Waals surface area (Å²) in [7, 11) is 3.17. The summed E-state index contributed by atoms with van der Waals surface area (Å²) in [5.74, 6) is -0.288. The Hall–Kier alpha value is -1.03. The van der Waals surface area contributed by atoms with Gasteiger partial charge in [0.25, 0.3) is 0 Å². The highest BCUT2D eigenvalue weighted by atomic mass is 32.1. The van der Waals surface area contributed by atoms with Crippen molar-refractivity contribution in [3.05, 3.63) is 16.5 Å². The molecular formula is C8H11NO2S. The van der Waals surface area contributed by atoms with Gasteiger partial charge in [0.15, 0.2) is 0 Å². The molecule has 0 amide bonds. The van der Waals surface area contributed by atoms with Crippen LogP contribution in [-0.2, 0) is 4.74 Å². The first kappa shape index (κ1) is 9.06. The van der Waals surface area contributed by atoms with Crippen LogP contribution in [0.5, 0.6) is 0 Å². The number of anilines is 1. The number of thiophene rings is 1. The summed E-state index contributed by atoms with van der Waals surface area (Å²) in [5.41, 5.74) is 0.613. The quantitative estimate of drug-likeness (QED) is 0.715. The smallest absolute Gasteiger partial charge is 0.340 e. The van der Waals surface area contributed by atoms with Gasteiger partial charge in [-0.3, -0.25) is 0 Å². The molecule has 1 rings (SSSR count). The molecular weight excluding hydrogens is 174 g/mol. The van der Waals surface area contributed by atoms with Gasteiger partial charge in [-0.25, -0.2) is 4.79 Å². The van der Waals surface area contributed by atoms with Crippen LogP contribution in [-0.4, -0.2) is 20.1 Å². The second-order valence-corrected chi connectivity index (χ2v) is 3.60. The number of ether oxygens (including phenoxy) is 1. The van der Waals surface area contributed by atoms with Gasteiger partial charge in [0, 0.05) is 11.9 Å². The molecule has 0 spiro atoms. The van der Waals surface area contributed by atoms with Gasteiger partial charge in [0.05, 0.1) is 12.7 Å². The highest BCUT2D eigenvalue weighted by Crippen LogP contribution is 2.27. The Kier molecular flexibility index (Phi) is 2.70. The number of esters is 1. The molecule has 66 valence electrons. The van der Waals surface area contributed by atoms with Gasteiger partial charge >= 0.3 is 5.97 Å². The van der Waals surface area contributed by atoms with E-state index in [4.69, 9.17) is 0 Å². The van der Waals surface area contributed by atoms with E-state index in [9.17, 15) is 4.79 Å². The summed E-state index contributed by atoms with van der Waals surface area (Å²) in [5, 5.41) is 3.81. The Morgan fingerprint density at radius 3 is 2.83 bits per heavy atom. The summed E-state index contributed by atoms with van der Waals surface area (Å²) in [4.78, 5) is 12.2. The molecule has 0 aliphatic carbocycles. The van der Waals surface area contributed by atoms with Crippen LogP contribution in [0.25, 0.3) is 0 Å². The van der Waals surface area contributed by atoms with E-state index in [0.29, 0.717) is 5.56 Å². The van der Waals surface area contributed by atoms with E-state index in [1.807, 2.05) is 13.0 Å². The number of hydrogen-bond donors (Lipinski definition) is 1. The molecule has 1 N–H and O–H groups in total. The molecule has 0 unspecified atom stereocenters. The van der Waals surface area contributed by atoms with Gasteiger partial charge < -0.3 is 10.1 Å². The van der Waals surface area contributed by atoms with Gasteiger partial charge in [0.1, 0.15) is 5.00 Å². The Labute approximate surface area is 75.4 Å². The fourth-order valence-electron chi connectivity index (χ4n) is 0.962. The molecule has 12 heavy (non-hydrogen) atoms. The normalized spacial score (nSPS) is 9.58. The molecule has 0 aromatic carbocycles. The van der Waals surface area contributed by atoms with Crippen molar-refractivity contribution in [2.45, 2.75) is 6.92 Å². The van der Waals surface area contributed by atoms with Crippen molar-refractivity contribution in [3.8, 4) is 0 Å². The van der Waals surface area contributed by atoms with Crippen LogP contribution in [0, 0.1) is 6.92 Å². The van der Waals surface area contributed by atoms with E-state index in [-0.39, 0.29) is 5.97 Å². The second-order valence-electron chi connectivity index (χ2n) is 2.34. The monoisotopic (exact) mass is 185 g/mol. The van der Waals surface area contributed by atoms with Crippen molar-refractivity contribution >= 4 is 22.3 Å². The van der Waals surface area contributed by atoms with Crippen LogP contribution in [0.4, 0.5) is 5.00 Å². The van der Waals surface area contributed by atoms with Crippen molar-refractivity contribution in [2.75, 3.05) is 19.5 Å². The number of carbonyl (C=O) groups is 1. The van der Waals surface area contributed by atoms with Crippen molar-refractivity contribution in [1.82, 2.24) is 0 Å². The highest BCUT2D eigenvalue weighted by molar-refractivity contribution is 7.16. The first-order valence-corrected chi connectivity index (χ1v) is 4.37. The minimum Gasteiger partial charge on any atom is -0.465 e. The average molecular weight is 185 g/mol. The summed E-state index contributed by atoms with van der Waals surface area (Å²) >= 11 is 1.55. The minimum atomic E-state index is -0.288. The molecule has 0 saturated carbocycles. The third-order valence-corrected chi connectivity index (χ3v) is 2.56. The maximum Gasteiger partial charge on any atom is 0.340 e. The molecule has 0 fully saturated rings. The molecule has 0 bridgehead atoms. The Morgan fingerprint density at radius 1 is 1.67 bits per heavy atom. The number of methoxy groups -OCH3 is 1. The standard InChI is InChI=1S/C8H11NO2S/c1-5-4-6(8(10)11-3)7(9-2)12-5/h4,9H,1-3H3. The lowest BCUT2D eigenvalue weighted by atomic mass is 10.3. The van der Waals surface area contributed by atoms with Crippen molar-refractivity contribution in [3.63, 3.8) is 0 Å². The molecule has 0 saturated heterocycles. The zero-order valence-corrected chi connectivity index (χ0v) is 8.12. The Balaban J connectivity index is 3.04. The molecule has 4 heteroatoms. The van der Waals surface area contributed by atoms with Gasteiger partial charge in [-0.05, 0) is 13.0 Å². The summed E-state index contributed by atoms with van der Waals surface area (Å²) in [6.07, 6.45) is 0. The molecule has 0 aliphatic rings.